The second-order valence-electron chi connectivity index (χ2n) is 15.5. The van der Waals surface area contributed by atoms with E-state index < -0.39 is 23.7 Å². The Morgan fingerprint density at radius 3 is 2.44 bits per heavy atom. The molecule has 12 nitrogen and oxygen atoms in total. The molecule has 2 aromatic heterocycles. The molecular formula is C37H50N6O6S. The summed E-state index contributed by atoms with van der Waals surface area (Å²) in [4.78, 5) is 51.5. The monoisotopic (exact) mass is 706 g/mol. The summed E-state index contributed by atoms with van der Waals surface area (Å²) in [5, 5.41) is 18.1. The number of benzene rings is 1. The van der Waals surface area contributed by atoms with Crippen molar-refractivity contribution in [3.05, 3.63) is 52.9 Å². The number of β-amino-alcohol motifs (C(OH)–C–C–N with tert-alkyl or cyclic N) is 1. The second-order valence-corrected chi connectivity index (χ2v) is 16.3. The van der Waals surface area contributed by atoms with E-state index in [0.29, 0.717) is 30.6 Å². The summed E-state index contributed by atoms with van der Waals surface area (Å²) in [6.45, 7) is 16.3. The fourth-order valence-electron chi connectivity index (χ4n) is 7.54. The van der Waals surface area contributed by atoms with Gasteiger partial charge in [0.25, 0.3) is 0 Å². The SMILES string of the molecule is Cc1ncsc1-c1ccc([C@H](C)NC(=O)[C@@H]2C[C@@H](O)CN2C(=O)[C@H](c2cc(N3C[C@H]4CN(C(=O)OC(C)(C)C)CC[C@H]4C3)no2)C(C)C)cc1. The van der Waals surface area contributed by atoms with Crippen LogP contribution in [0.3, 0.4) is 0 Å². The van der Waals surface area contributed by atoms with Crippen molar-refractivity contribution in [3.63, 3.8) is 0 Å². The predicted molar refractivity (Wildman–Crippen MR) is 191 cm³/mol. The standard InChI is InChI=1S/C37H50N6O6S/c1-21(2)32(30-15-31(40-49-30)42-16-26-12-13-41(17-27(26)18-42)36(47)48-37(5,6)7)35(46)43-19-28(44)14-29(43)34(45)39-22(3)24-8-10-25(11-9-24)33-23(4)38-20-50-33/h8-11,15,20-22,26-29,32,44H,12-14,16-19H2,1-7H3,(H,39,45)/t22-,26-,27+,28+,29-,32-/m0/s1. The maximum atomic E-state index is 14.2. The van der Waals surface area contributed by atoms with Crippen molar-refractivity contribution in [1.29, 1.82) is 0 Å². The van der Waals surface area contributed by atoms with E-state index in [1.54, 1.807) is 16.2 Å². The van der Waals surface area contributed by atoms with Crippen LogP contribution < -0.4 is 10.2 Å². The van der Waals surface area contributed by atoms with Crippen molar-refractivity contribution in [2.75, 3.05) is 37.6 Å². The summed E-state index contributed by atoms with van der Waals surface area (Å²) in [6.07, 6.45) is -0.0354. The van der Waals surface area contributed by atoms with Crippen LogP contribution in [0.4, 0.5) is 10.6 Å². The number of rotatable bonds is 8. The molecule has 3 aromatic rings. The zero-order valence-electron chi connectivity index (χ0n) is 30.1. The van der Waals surface area contributed by atoms with E-state index in [-0.39, 0.29) is 48.8 Å². The summed E-state index contributed by atoms with van der Waals surface area (Å²) in [7, 11) is 0. The van der Waals surface area contributed by atoms with Crippen LogP contribution in [0.1, 0.15) is 83.4 Å². The number of nitrogens with one attached hydrogen (secondary N) is 1. The molecule has 3 aliphatic rings. The molecule has 6 atom stereocenters. The lowest BCUT2D eigenvalue weighted by Gasteiger charge is -2.35. The third kappa shape index (κ3) is 7.68. The van der Waals surface area contributed by atoms with Gasteiger partial charge in [-0.25, -0.2) is 9.78 Å². The van der Waals surface area contributed by atoms with E-state index in [1.807, 2.05) is 84.3 Å². The fraction of sp³-hybridized carbons (Fsp3) is 0.595. The Morgan fingerprint density at radius 1 is 1.06 bits per heavy atom. The molecule has 3 aliphatic heterocycles. The number of anilines is 1. The molecule has 2 N–H and O–H groups in total. The number of aliphatic hydroxyl groups excluding tert-OH is 1. The number of aromatic nitrogens is 2. The Labute approximate surface area is 298 Å². The number of aryl methyl sites for hydroxylation is 1. The van der Waals surface area contributed by atoms with E-state index in [9.17, 15) is 19.5 Å². The van der Waals surface area contributed by atoms with Crippen LogP contribution in [-0.2, 0) is 14.3 Å². The Hall–Kier alpha value is -3.97. The average Bonchev–Trinajstić information content (AvgIpc) is 3.86. The molecule has 0 bridgehead atoms. The van der Waals surface area contributed by atoms with Gasteiger partial charge in [0.05, 0.1) is 28.2 Å². The Balaban J connectivity index is 1.10. The third-order valence-corrected chi connectivity index (χ3v) is 11.2. The Kier molecular flexibility index (Phi) is 10.3. The number of carbonyl (C=O) groups excluding carboxylic acids is 3. The van der Waals surface area contributed by atoms with E-state index in [0.717, 1.165) is 41.2 Å². The predicted octanol–water partition coefficient (Wildman–Crippen LogP) is 5.38. The van der Waals surface area contributed by atoms with Gasteiger partial charge in [0.1, 0.15) is 17.6 Å². The Bertz CT molecular complexity index is 1680. The average molecular weight is 707 g/mol. The first-order chi connectivity index (χ1) is 23.7. The van der Waals surface area contributed by atoms with Crippen molar-refractivity contribution in [1.82, 2.24) is 25.3 Å². The van der Waals surface area contributed by atoms with Gasteiger partial charge in [-0.1, -0.05) is 43.3 Å². The number of aliphatic hydroxyl groups is 1. The topological polar surface area (TPSA) is 141 Å². The molecule has 0 spiro atoms. The van der Waals surface area contributed by atoms with Crippen molar-refractivity contribution >= 4 is 35.1 Å². The second kappa shape index (κ2) is 14.3. The van der Waals surface area contributed by atoms with Gasteiger partial charge in [0, 0.05) is 45.2 Å². The highest BCUT2D eigenvalue weighted by molar-refractivity contribution is 7.13. The van der Waals surface area contributed by atoms with Gasteiger partial charge in [-0.2, -0.15) is 0 Å². The number of ether oxygens (including phenoxy) is 1. The highest BCUT2D eigenvalue weighted by Crippen LogP contribution is 2.37. The lowest BCUT2D eigenvalue weighted by atomic mass is 9.89. The normalized spacial score (nSPS) is 23.6. The molecule has 0 aliphatic carbocycles. The third-order valence-electron chi connectivity index (χ3n) is 10.2. The highest BCUT2D eigenvalue weighted by atomic mass is 32.1. The number of nitrogens with zero attached hydrogens (tertiary/aromatic N) is 5. The summed E-state index contributed by atoms with van der Waals surface area (Å²) in [5.74, 6) is 0.424. The number of carbonyl (C=O) groups is 3. The molecule has 270 valence electrons. The lowest BCUT2D eigenvalue weighted by Crippen LogP contribution is -2.48. The van der Waals surface area contributed by atoms with Crippen molar-refractivity contribution in [2.24, 2.45) is 17.8 Å². The first kappa shape index (κ1) is 35.8. The highest BCUT2D eigenvalue weighted by Gasteiger charge is 2.44. The molecule has 1 aromatic carbocycles. The molecule has 3 fully saturated rings. The molecule has 50 heavy (non-hydrogen) atoms. The molecule has 0 radical (unpaired) electrons. The zero-order chi connectivity index (χ0) is 35.9. The minimum absolute atomic E-state index is 0.0715. The first-order valence-corrected chi connectivity index (χ1v) is 18.5. The van der Waals surface area contributed by atoms with Crippen LogP contribution in [0.2, 0.25) is 0 Å². The van der Waals surface area contributed by atoms with Crippen molar-refractivity contribution < 1.29 is 28.8 Å². The summed E-state index contributed by atoms with van der Waals surface area (Å²) in [6, 6.07) is 8.78. The van der Waals surface area contributed by atoms with Crippen molar-refractivity contribution in [2.45, 2.75) is 91.0 Å². The van der Waals surface area contributed by atoms with E-state index in [1.165, 1.54) is 4.90 Å². The quantitative estimate of drug-likeness (QED) is 0.316. The summed E-state index contributed by atoms with van der Waals surface area (Å²) < 4.78 is 11.5. The van der Waals surface area contributed by atoms with Gasteiger partial charge in [0.2, 0.25) is 11.8 Å². The van der Waals surface area contributed by atoms with Gasteiger partial charge in [-0.05, 0) is 69.9 Å². The largest absolute Gasteiger partial charge is 0.444 e. The Morgan fingerprint density at radius 2 is 1.78 bits per heavy atom. The molecule has 5 heterocycles. The number of piperidine rings is 1. The molecular weight excluding hydrogens is 657 g/mol. The molecule has 0 unspecified atom stereocenters. The van der Waals surface area contributed by atoms with E-state index >= 15 is 0 Å². The number of amides is 3. The maximum Gasteiger partial charge on any atom is 0.410 e. The van der Waals surface area contributed by atoms with Gasteiger partial charge >= 0.3 is 6.09 Å². The first-order valence-electron chi connectivity index (χ1n) is 17.7. The zero-order valence-corrected chi connectivity index (χ0v) is 30.9. The molecule has 13 heteroatoms. The van der Waals surface area contributed by atoms with Crippen LogP contribution >= 0.6 is 11.3 Å². The summed E-state index contributed by atoms with van der Waals surface area (Å²) >= 11 is 1.59. The molecule has 6 rings (SSSR count). The fourth-order valence-corrected chi connectivity index (χ4v) is 8.35. The van der Waals surface area contributed by atoms with Crippen LogP contribution in [0.25, 0.3) is 10.4 Å². The van der Waals surface area contributed by atoms with Gasteiger partial charge < -0.3 is 34.4 Å². The van der Waals surface area contributed by atoms with Crippen LogP contribution in [0, 0.1) is 24.7 Å². The number of hydrogen-bond donors (Lipinski definition) is 2. The molecule has 0 saturated carbocycles. The lowest BCUT2D eigenvalue weighted by molar-refractivity contribution is -0.141. The van der Waals surface area contributed by atoms with E-state index in [2.05, 4.69) is 20.4 Å². The molecule has 3 amide bonds. The number of fused-ring (bicyclic) bond motifs is 1. The van der Waals surface area contributed by atoms with Gasteiger partial charge in [0.15, 0.2) is 11.6 Å². The van der Waals surface area contributed by atoms with Crippen LogP contribution in [0.5, 0.6) is 0 Å². The van der Waals surface area contributed by atoms with Gasteiger partial charge in [-0.3, -0.25) is 9.59 Å². The minimum Gasteiger partial charge on any atom is -0.444 e. The number of hydrogen-bond acceptors (Lipinski definition) is 10. The smallest absolute Gasteiger partial charge is 0.410 e. The minimum atomic E-state index is -0.808. The van der Waals surface area contributed by atoms with Crippen LogP contribution in [-0.4, -0.2) is 93.4 Å². The number of thiazole rings is 1. The maximum absolute atomic E-state index is 14.2. The van der Waals surface area contributed by atoms with Gasteiger partial charge in [-0.15, -0.1) is 11.3 Å². The van der Waals surface area contributed by atoms with Crippen LogP contribution in [0.15, 0.2) is 40.4 Å². The number of likely N-dealkylation sites (tertiary alicyclic amines) is 2. The summed E-state index contributed by atoms with van der Waals surface area (Å²) in [5.41, 5.74) is 4.29. The van der Waals surface area contributed by atoms with E-state index in [4.69, 9.17) is 9.26 Å². The van der Waals surface area contributed by atoms with Crippen molar-refractivity contribution in [3.8, 4) is 10.4 Å². The molecule has 3 saturated heterocycles.